The second-order valence-electron chi connectivity index (χ2n) is 4.52. The highest BCUT2D eigenvalue weighted by atomic mass is 19.4. The second-order valence-corrected chi connectivity index (χ2v) is 4.52. The van der Waals surface area contributed by atoms with E-state index >= 15 is 0 Å². The van der Waals surface area contributed by atoms with Crippen molar-refractivity contribution in [2.75, 3.05) is 18.4 Å². The molecule has 1 aliphatic rings. The summed E-state index contributed by atoms with van der Waals surface area (Å²) in [6.07, 6.45) is -2.49. The summed E-state index contributed by atoms with van der Waals surface area (Å²) in [4.78, 5) is 0. The molecule has 5 heteroatoms. The monoisotopic (exact) mass is 258 g/mol. The van der Waals surface area contributed by atoms with Gasteiger partial charge in [0.25, 0.3) is 0 Å². The number of alkyl halides is 3. The van der Waals surface area contributed by atoms with Crippen molar-refractivity contribution in [1.29, 1.82) is 0 Å². The van der Waals surface area contributed by atoms with Crippen molar-refractivity contribution in [3.05, 3.63) is 29.3 Å². The summed E-state index contributed by atoms with van der Waals surface area (Å²) < 4.78 is 38.1. The fourth-order valence-corrected chi connectivity index (χ4v) is 2.23. The van der Waals surface area contributed by atoms with E-state index in [4.69, 9.17) is 0 Å². The number of hydrogen-bond acceptors (Lipinski definition) is 2. The Morgan fingerprint density at radius 1 is 1.39 bits per heavy atom. The van der Waals surface area contributed by atoms with E-state index in [-0.39, 0.29) is 6.04 Å². The number of halogens is 3. The summed E-state index contributed by atoms with van der Waals surface area (Å²) in [6.45, 7) is 3.65. The molecular weight excluding hydrogens is 241 g/mol. The lowest BCUT2D eigenvalue weighted by Gasteiger charge is -2.28. The highest BCUT2D eigenvalue weighted by Gasteiger charge is 2.32. The normalized spacial score (nSPS) is 19.2. The predicted molar refractivity (Wildman–Crippen MR) is 65.6 cm³/mol. The van der Waals surface area contributed by atoms with Gasteiger partial charge in [-0.3, -0.25) is 0 Å². The molecule has 0 bridgehead atoms. The molecule has 0 aromatic heterocycles. The molecule has 1 aromatic rings. The first-order valence-electron chi connectivity index (χ1n) is 6.20. The van der Waals surface area contributed by atoms with Gasteiger partial charge in [-0.2, -0.15) is 13.2 Å². The van der Waals surface area contributed by atoms with Gasteiger partial charge in [-0.1, -0.05) is 6.92 Å². The van der Waals surface area contributed by atoms with Crippen molar-refractivity contribution >= 4 is 5.69 Å². The third-order valence-corrected chi connectivity index (χ3v) is 3.14. The zero-order valence-corrected chi connectivity index (χ0v) is 10.3. The summed E-state index contributed by atoms with van der Waals surface area (Å²) in [7, 11) is 0. The molecule has 0 radical (unpaired) electrons. The van der Waals surface area contributed by atoms with E-state index in [1.165, 1.54) is 12.1 Å². The van der Waals surface area contributed by atoms with Crippen LogP contribution in [-0.4, -0.2) is 13.1 Å². The molecule has 0 fully saturated rings. The standard InChI is InChI=1S/C13H17F3N2/c1-2-6-17-12-5-7-18-11-4-3-9(8-10(11)12)13(14,15)16/h3-4,8,12,17-18H,2,5-7H2,1H3. The van der Waals surface area contributed by atoms with Crippen molar-refractivity contribution in [3.8, 4) is 0 Å². The average molecular weight is 258 g/mol. The molecule has 1 aromatic carbocycles. The maximum Gasteiger partial charge on any atom is 0.416 e. The van der Waals surface area contributed by atoms with E-state index in [1.54, 1.807) is 0 Å². The summed E-state index contributed by atoms with van der Waals surface area (Å²) in [5.41, 5.74) is 0.959. The number of hydrogen-bond donors (Lipinski definition) is 2. The van der Waals surface area contributed by atoms with Crippen LogP contribution < -0.4 is 10.6 Å². The van der Waals surface area contributed by atoms with Crippen LogP contribution in [0, 0.1) is 0 Å². The molecule has 0 saturated heterocycles. The summed E-state index contributed by atoms with van der Waals surface area (Å²) in [5, 5.41) is 6.44. The van der Waals surface area contributed by atoms with Crippen molar-refractivity contribution in [2.45, 2.75) is 32.0 Å². The lowest BCUT2D eigenvalue weighted by atomic mass is 9.95. The summed E-state index contributed by atoms with van der Waals surface area (Å²) in [5.74, 6) is 0. The molecule has 0 spiro atoms. The quantitative estimate of drug-likeness (QED) is 0.866. The average Bonchev–Trinajstić information content (AvgIpc) is 2.34. The van der Waals surface area contributed by atoms with E-state index in [9.17, 15) is 13.2 Å². The van der Waals surface area contributed by atoms with Gasteiger partial charge < -0.3 is 10.6 Å². The van der Waals surface area contributed by atoms with E-state index in [0.29, 0.717) is 0 Å². The maximum absolute atomic E-state index is 12.7. The zero-order valence-electron chi connectivity index (χ0n) is 10.3. The highest BCUT2D eigenvalue weighted by Crippen LogP contribution is 2.36. The summed E-state index contributed by atoms with van der Waals surface area (Å²) in [6, 6.07) is 3.93. The van der Waals surface area contributed by atoms with Gasteiger partial charge in [0.05, 0.1) is 5.56 Å². The predicted octanol–water partition coefficient (Wildman–Crippen LogP) is 3.56. The molecule has 0 amide bonds. The zero-order chi connectivity index (χ0) is 13.2. The minimum absolute atomic E-state index is 0.0171. The summed E-state index contributed by atoms with van der Waals surface area (Å²) >= 11 is 0. The van der Waals surface area contributed by atoms with Gasteiger partial charge in [0.1, 0.15) is 0 Å². The van der Waals surface area contributed by atoms with E-state index in [1.807, 2.05) is 6.92 Å². The molecule has 2 rings (SSSR count). The van der Waals surface area contributed by atoms with Gasteiger partial charge in [0, 0.05) is 18.3 Å². The van der Waals surface area contributed by atoms with Gasteiger partial charge in [-0.15, -0.1) is 0 Å². The van der Waals surface area contributed by atoms with Gasteiger partial charge >= 0.3 is 6.18 Å². The van der Waals surface area contributed by atoms with Crippen LogP contribution in [-0.2, 0) is 6.18 Å². The molecule has 18 heavy (non-hydrogen) atoms. The fourth-order valence-electron chi connectivity index (χ4n) is 2.23. The number of nitrogens with one attached hydrogen (secondary N) is 2. The smallest absolute Gasteiger partial charge is 0.385 e. The van der Waals surface area contributed by atoms with Gasteiger partial charge in [0.15, 0.2) is 0 Å². The lowest BCUT2D eigenvalue weighted by molar-refractivity contribution is -0.137. The van der Waals surface area contributed by atoms with Gasteiger partial charge in [-0.05, 0) is 43.1 Å². The third-order valence-electron chi connectivity index (χ3n) is 3.14. The van der Waals surface area contributed by atoms with Crippen molar-refractivity contribution in [3.63, 3.8) is 0 Å². The number of benzene rings is 1. The Bertz CT molecular complexity index is 415. The van der Waals surface area contributed by atoms with Crippen LogP contribution in [0.4, 0.5) is 18.9 Å². The third kappa shape index (κ3) is 2.77. The van der Waals surface area contributed by atoms with Crippen molar-refractivity contribution in [1.82, 2.24) is 5.32 Å². The Morgan fingerprint density at radius 2 is 2.17 bits per heavy atom. The van der Waals surface area contributed by atoms with Crippen LogP contribution in [0.1, 0.15) is 36.9 Å². The number of anilines is 1. The van der Waals surface area contributed by atoms with Crippen LogP contribution in [0.25, 0.3) is 0 Å². The molecule has 2 nitrogen and oxygen atoms in total. The Hall–Kier alpha value is -1.23. The Balaban J connectivity index is 2.29. The minimum Gasteiger partial charge on any atom is -0.385 e. The molecule has 1 heterocycles. The number of fused-ring (bicyclic) bond motifs is 1. The van der Waals surface area contributed by atoms with E-state index < -0.39 is 11.7 Å². The van der Waals surface area contributed by atoms with Crippen LogP contribution in [0.3, 0.4) is 0 Å². The lowest BCUT2D eigenvalue weighted by Crippen LogP contribution is -2.29. The number of rotatable bonds is 3. The topological polar surface area (TPSA) is 24.1 Å². The molecule has 1 aliphatic heterocycles. The van der Waals surface area contributed by atoms with Crippen LogP contribution >= 0.6 is 0 Å². The molecule has 1 unspecified atom stereocenters. The minimum atomic E-state index is -4.28. The van der Waals surface area contributed by atoms with Gasteiger partial charge in [0.2, 0.25) is 0 Å². The van der Waals surface area contributed by atoms with Crippen molar-refractivity contribution < 1.29 is 13.2 Å². The van der Waals surface area contributed by atoms with Crippen LogP contribution in [0.2, 0.25) is 0 Å². The largest absolute Gasteiger partial charge is 0.416 e. The molecule has 1 atom stereocenters. The maximum atomic E-state index is 12.7. The van der Waals surface area contributed by atoms with Crippen LogP contribution in [0.15, 0.2) is 18.2 Å². The highest BCUT2D eigenvalue weighted by molar-refractivity contribution is 5.56. The molecule has 0 saturated carbocycles. The van der Waals surface area contributed by atoms with E-state index in [2.05, 4.69) is 10.6 Å². The Labute approximate surface area is 105 Å². The molecule has 100 valence electrons. The van der Waals surface area contributed by atoms with E-state index in [0.717, 1.165) is 43.2 Å². The Morgan fingerprint density at radius 3 is 2.83 bits per heavy atom. The molecule has 0 aliphatic carbocycles. The van der Waals surface area contributed by atoms with Crippen molar-refractivity contribution in [2.24, 2.45) is 0 Å². The van der Waals surface area contributed by atoms with Gasteiger partial charge in [-0.25, -0.2) is 0 Å². The second kappa shape index (κ2) is 5.18. The van der Waals surface area contributed by atoms with Crippen LogP contribution in [0.5, 0.6) is 0 Å². The SMILES string of the molecule is CCCNC1CCNc2ccc(C(F)(F)F)cc21. The Kier molecular flexibility index (Phi) is 3.80. The molecular formula is C13H17F3N2. The fraction of sp³-hybridized carbons (Fsp3) is 0.538. The first kappa shape index (κ1) is 13.2. The molecule has 2 N–H and O–H groups in total. The first-order chi connectivity index (χ1) is 8.52. The first-order valence-corrected chi connectivity index (χ1v) is 6.20.